The fraction of sp³-hybridized carbons (Fsp3) is 0.222. The van der Waals surface area contributed by atoms with Gasteiger partial charge in [0, 0.05) is 6.20 Å². The van der Waals surface area contributed by atoms with Crippen molar-refractivity contribution in [2.24, 2.45) is 0 Å². The van der Waals surface area contributed by atoms with E-state index in [4.69, 9.17) is 5.11 Å². The van der Waals surface area contributed by atoms with Crippen molar-refractivity contribution in [1.82, 2.24) is 9.61 Å². The monoisotopic (exact) mass is 162 g/mol. The fourth-order valence-corrected chi connectivity index (χ4v) is 1.27. The van der Waals surface area contributed by atoms with E-state index in [1.54, 1.807) is 4.52 Å². The van der Waals surface area contributed by atoms with Gasteiger partial charge in [-0.25, -0.2) is 4.52 Å². The smallest absolute Gasteiger partial charge is 0.0683 e. The summed E-state index contributed by atoms with van der Waals surface area (Å²) in [5.41, 5.74) is 2.94. The van der Waals surface area contributed by atoms with Crippen molar-refractivity contribution in [3.05, 3.63) is 35.7 Å². The van der Waals surface area contributed by atoms with Crippen molar-refractivity contribution < 1.29 is 5.11 Å². The van der Waals surface area contributed by atoms with Gasteiger partial charge in [0.1, 0.15) is 0 Å². The summed E-state index contributed by atoms with van der Waals surface area (Å²) >= 11 is 0. The second-order valence-electron chi connectivity index (χ2n) is 2.85. The molecule has 2 aromatic rings. The molecule has 0 unspecified atom stereocenters. The molecule has 1 N–H and O–H groups in total. The summed E-state index contributed by atoms with van der Waals surface area (Å²) in [7, 11) is 0. The van der Waals surface area contributed by atoms with Gasteiger partial charge >= 0.3 is 0 Å². The Morgan fingerprint density at radius 1 is 1.50 bits per heavy atom. The van der Waals surface area contributed by atoms with E-state index >= 15 is 0 Å². The highest BCUT2D eigenvalue weighted by molar-refractivity contribution is 5.49. The van der Waals surface area contributed by atoms with Crippen LogP contribution in [0.2, 0.25) is 0 Å². The summed E-state index contributed by atoms with van der Waals surface area (Å²) in [6.07, 6.45) is 1.86. The Hall–Kier alpha value is -1.35. The van der Waals surface area contributed by atoms with Gasteiger partial charge in [0.15, 0.2) is 0 Å². The molecular weight excluding hydrogens is 152 g/mol. The maximum atomic E-state index is 8.87. The number of nitrogens with zero attached hydrogens (tertiary/aromatic N) is 2. The Labute approximate surface area is 70.3 Å². The van der Waals surface area contributed by atoms with Gasteiger partial charge < -0.3 is 5.11 Å². The van der Waals surface area contributed by atoms with Crippen LogP contribution in [0.4, 0.5) is 0 Å². The van der Waals surface area contributed by atoms with Crippen LogP contribution in [0.5, 0.6) is 0 Å². The largest absolute Gasteiger partial charge is 0.392 e. The van der Waals surface area contributed by atoms with E-state index in [1.807, 2.05) is 31.3 Å². The lowest BCUT2D eigenvalue weighted by atomic mass is 10.2. The van der Waals surface area contributed by atoms with E-state index in [0.29, 0.717) is 0 Å². The van der Waals surface area contributed by atoms with Crippen molar-refractivity contribution in [1.29, 1.82) is 0 Å². The number of hydrogen-bond acceptors (Lipinski definition) is 2. The lowest BCUT2D eigenvalue weighted by Crippen LogP contribution is -1.89. The normalized spacial score (nSPS) is 10.8. The Morgan fingerprint density at radius 2 is 2.33 bits per heavy atom. The van der Waals surface area contributed by atoms with Crippen LogP contribution < -0.4 is 0 Å². The third-order valence-electron chi connectivity index (χ3n) is 1.83. The van der Waals surface area contributed by atoms with Crippen molar-refractivity contribution in [3.63, 3.8) is 0 Å². The van der Waals surface area contributed by atoms with E-state index in [-0.39, 0.29) is 6.61 Å². The zero-order valence-electron chi connectivity index (χ0n) is 6.86. The van der Waals surface area contributed by atoms with Crippen LogP contribution in [0, 0.1) is 6.92 Å². The molecule has 0 aromatic carbocycles. The van der Waals surface area contributed by atoms with Crippen molar-refractivity contribution in [3.8, 4) is 0 Å². The molecule has 0 aliphatic carbocycles. The van der Waals surface area contributed by atoms with E-state index in [2.05, 4.69) is 5.10 Å². The van der Waals surface area contributed by atoms with Gasteiger partial charge in [0.05, 0.1) is 17.8 Å². The number of aliphatic hydroxyl groups excluding tert-OH is 1. The quantitative estimate of drug-likeness (QED) is 0.682. The first-order valence-electron chi connectivity index (χ1n) is 3.85. The third kappa shape index (κ3) is 1.08. The molecule has 0 saturated carbocycles. The van der Waals surface area contributed by atoms with Gasteiger partial charge in [-0.05, 0) is 30.7 Å². The average Bonchev–Trinajstić information content (AvgIpc) is 2.43. The van der Waals surface area contributed by atoms with Gasteiger partial charge in [-0.2, -0.15) is 5.10 Å². The summed E-state index contributed by atoms with van der Waals surface area (Å²) < 4.78 is 1.80. The van der Waals surface area contributed by atoms with Crippen molar-refractivity contribution in [2.75, 3.05) is 0 Å². The second-order valence-corrected chi connectivity index (χ2v) is 2.85. The van der Waals surface area contributed by atoms with Crippen molar-refractivity contribution in [2.45, 2.75) is 13.5 Å². The summed E-state index contributed by atoms with van der Waals surface area (Å²) in [5, 5.41) is 13.1. The highest BCUT2D eigenvalue weighted by atomic mass is 16.3. The summed E-state index contributed by atoms with van der Waals surface area (Å²) in [4.78, 5) is 0. The first-order chi connectivity index (χ1) is 5.79. The molecule has 3 heteroatoms. The van der Waals surface area contributed by atoms with Crippen LogP contribution in [-0.2, 0) is 6.61 Å². The molecule has 0 atom stereocenters. The molecule has 2 heterocycles. The van der Waals surface area contributed by atoms with E-state index in [0.717, 1.165) is 16.8 Å². The fourth-order valence-electron chi connectivity index (χ4n) is 1.27. The van der Waals surface area contributed by atoms with Gasteiger partial charge in [-0.3, -0.25) is 0 Å². The summed E-state index contributed by atoms with van der Waals surface area (Å²) in [6, 6.07) is 5.78. The number of aryl methyl sites for hydroxylation is 1. The van der Waals surface area contributed by atoms with Crippen LogP contribution in [0.25, 0.3) is 5.52 Å². The maximum absolute atomic E-state index is 8.87. The predicted molar refractivity (Wildman–Crippen MR) is 45.9 cm³/mol. The first kappa shape index (κ1) is 7.31. The van der Waals surface area contributed by atoms with Crippen LogP contribution in [0.1, 0.15) is 11.3 Å². The van der Waals surface area contributed by atoms with Crippen LogP contribution >= 0.6 is 0 Å². The van der Waals surface area contributed by atoms with Gasteiger partial charge in [-0.1, -0.05) is 0 Å². The minimum absolute atomic E-state index is 0.0841. The van der Waals surface area contributed by atoms with Crippen LogP contribution in [-0.4, -0.2) is 14.7 Å². The molecule has 0 radical (unpaired) electrons. The van der Waals surface area contributed by atoms with Crippen LogP contribution in [0.15, 0.2) is 24.4 Å². The molecule has 0 aliphatic heterocycles. The summed E-state index contributed by atoms with van der Waals surface area (Å²) in [5.74, 6) is 0. The topological polar surface area (TPSA) is 37.5 Å². The molecule has 12 heavy (non-hydrogen) atoms. The molecule has 3 nitrogen and oxygen atoms in total. The Balaban J connectivity index is 2.66. The molecule has 0 saturated heterocycles. The van der Waals surface area contributed by atoms with E-state index in [9.17, 15) is 0 Å². The number of aromatic nitrogens is 2. The first-order valence-corrected chi connectivity index (χ1v) is 3.85. The molecule has 0 bridgehead atoms. The minimum atomic E-state index is 0.0841. The predicted octanol–water partition coefficient (Wildman–Crippen LogP) is 1.14. The van der Waals surface area contributed by atoms with E-state index < -0.39 is 0 Å². The number of fused-ring (bicyclic) bond motifs is 1. The number of aliphatic hydroxyl groups is 1. The number of rotatable bonds is 1. The molecule has 62 valence electrons. The van der Waals surface area contributed by atoms with Gasteiger partial charge in [0.25, 0.3) is 0 Å². The third-order valence-corrected chi connectivity index (χ3v) is 1.83. The molecule has 0 fully saturated rings. The molecule has 0 spiro atoms. The lowest BCUT2D eigenvalue weighted by molar-refractivity contribution is 0.282. The number of pyridine rings is 1. The van der Waals surface area contributed by atoms with Crippen LogP contribution in [0.3, 0.4) is 0 Å². The Morgan fingerprint density at radius 3 is 3.08 bits per heavy atom. The molecule has 0 aliphatic rings. The molecule has 2 rings (SSSR count). The lowest BCUT2D eigenvalue weighted by Gasteiger charge is -1.95. The SMILES string of the molecule is Cc1cc2cc(CO)ccn2n1. The number of hydrogen-bond donors (Lipinski definition) is 1. The highest BCUT2D eigenvalue weighted by Crippen LogP contribution is 2.08. The average molecular weight is 162 g/mol. The zero-order chi connectivity index (χ0) is 8.55. The van der Waals surface area contributed by atoms with Crippen molar-refractivity contribution >= 4 is 5.52 Å². The van der Waals surface area contributed by atoms with E-state index in [1.165, 1.54) is 0 Å². The minimum Gasteiger partial charge on any atom is -0.392 e. The Bertz CT molecular complexity index is 406. The molecular formula is C9H10N2O. The Kier molecular flexibility index (Phi) is 1.59. The molecule has 0 amide bonds. The maximum Gasteiger partial charge on any atom is 0.0683 e. The standard InChI is InChI=1S/C9H10N2O/c1-7-4-9-5-8(6-12)2-3-11(9)10-7/h2-5,12H,6H2,1H3. The summed E-state index contributed by atoms with van der Waals surface area (Å²) in [6.45, 7) is 2.03. The van der Waals surface area contributed by atoms with Gasteiger partial charge in [-0.15, -0.1) is 0 Å². The highest BCUT2D eigenvalue weighted by Gasteiger charge is 1.97. The molecule has 2 aromatic heterocycles. The van der Waals surface area contributed by atoms with Gasteiger partial charge in [0.2, 0.25) is 0 Å². The second kappa shape index (κ2) is 2.60. The zero-order valence-corrected chi connectivity index (χ0v) is 6.86.